The van der Waals surface area contributed by atoms with Gasteiger partial charge in [-0.3, -0.25) is 33.6 Å². The highest BCUT2D eigenvalue weighted by Crippen LogP contribution is 2.50. The standard InChI is InChI=1S/C79H86Cl3N9O23/c1-33(2)20-48(84-5)72(103)90-63-65(98)39-13-18-53(46(81)22-39)110-55-24-41-25-56(69(55)114-78-70(68(101)67(100)57(32-93)112-78)113-59-29-79(4,71(102)34(3)109-59)85-30-35-6-8-36(9-7-35)37-10-15-42(80)16-11-37)111-54-19-14-40(23-47(54)82)66(99)64-77(108)87-50(31-92)44-26-43(94)27-52(96)60(44)45-21-38(12-17-51(45)95)61(74(105)91-64)89-75(106)62(41)88-73(104)49(28-58(83)97)86-76(63)107/h6-19,21-27,33-34,48-50,57,59,61-68,70-71,78,84-85,92-96,98-102H,20,28-32H2,1-5H3,(H2,83,97)(H,86,107)(H,87,108)(H,88,104)(H,89,106)(H,90,103)(H,91,105)/t34-,48+,49-,50+,57?,59-,61+,62+,63+,64-,65+,66+,67?,68-,70+,71+,78-,79?/m0/s1. The lowest BCUT2D eigenvalue weighted by atomic mass is 9.84. The zero-order valence-corrected chi connectivity index (χ0v) is 64.0. The average Bonchev–Trinajstić information content (AvgIpc) is 0.755. The maximum absolute atomic E-state index is 16.2. The second-order valence-electron chi connectivity index (χ2n) is 29.1. The summed E-state index contributed by atoms with van der Waals surface area (Å²) in [5.41, 5.74) is 5.32. The Morgan fingerprint density at radius 2 is 1.24 bits per heavy atom. The molecule has 0 aliphatic carbocycles. The highest BCUT2D eigenvalue weighted by atomic mass is 35.5. The lowest BCUT2D eigenvalue weighted by Crippen LogP contribution is -2.65. The summed E-state index contributed by atoms with van der Waals surface area (Å²) in [6, 6.07) is 16.2. The Kier molecular flexibility index (Phi) is 25.6. The number of phenols is 3. The molecule has 114 heavy (non-hydrogen) atoms. The Morgan fingerprint density at radius 3 is 1.84 bits per heavy atom. The number of carbonyl (C=O) groups is 7. The number of aliphatic hydroxyl groups excluding tert-OH is 7. The molecule has 3 unspecified atom stereocenters. The van der Waals surface area contributed by atoms with E-state index in [-0.39, 0.29) is 80.2 Å². The predicted molar refractivity (Wildman–Crippen MR) is 408 cm³/mol. The highest BCUT2D eigenvalue weighted by Gasteiger charge is 2.52. The van der Waals surface area contributed by atoms with Gasteiger partial charge in [0.2, 0.25) is 53.4 Å². The first kappa shape index (κ1) is 83.4. The number of nitrogens with two attached hydrogens (primary N) is 1. The molecule has 20 N–H and O–H groups in total. The normalized spacial score (nSPS) is 27.4. The molecular formula is C79H86Cl3N9O23. The van der Waals surface area contributed by atoms with Gasteiger partial charge in [-0.05, 0) is 144 Å². The fourth-order valence-corrected chi connectivity index (χ4v) is 15.0. The van der Waals surface area contributed by atoms with Crippen molar-refractivity contribution < 1.29 is 113 Å². The van der Waals surface area contributed by atoms with Crippen LogP contribution in [0.25, 0.3) is 22.3 Å². The number of ether oxygens (including phenoxy) is 6. The molecule has 14 rings (SSSR count). The summed E-state index contributed by atoms with van der Waals surface area (Å²) in [6.45, 7) is 5.25. The molecule has 606 valence electrons. The van der Waals surface area contributed by atoms with Gasteiger partial charge in [0.25, 0.3) is 0 Å². The van der Waals surface area contributed by atoms with Crippen molar-refractivity contribution in [1.82, 2.24) is 42.5 Å². The van der Waals surface area contributed by atoms with Crippen molar-refractivity contribution in [1.29, 1.82) is 0 Å². The summed E-state index contributed by atoms with van der Waals surface area (Å²) in [5.74, 6) is -13.2. The summed E-state index contributed by atoms with van der Waals surface area (Å²) in [6.07, 6.45) is -18.3. The van der Waals surface area contributed by atoms with Crippen molar-refractivity contribution in [3.8, 4) is 68.2 Å². The van der Waals surface area contributed by atoms with Crippen molar-refractivity contribution >= 4 is 76.2 Å². The van der Waals surface area contributed by atoms with Crippen LogP contribution in [0.3, 0.4) is 0 Å². The van der Waals surface area contributed by atoms with Crippen LogP contribution >= 0.6 is 34.8 Å². The van der Waals surface area contributed by atoms with E-state index in [0.717, 1.165) is 71.3 Å². The summed E-state index contributed by atoms with van der Waals surface area (Å²) in [4.78, 5) is 105. The van der Waals surface area contributed by atoms with E-state index >= 15 is 14.4 Å². The molecule has 7 aliphatic rings. The lowest BCUT2D eigenvalue weighted by Gasteiger charge is -2.48. The molecule has 0 aromatic heterocycles. The molecule has 35 heteroatoms. The van der Waals surface area contributed by atoms with E-state index in [1.807, 2.05) is 50.2 Å². The summed E-state index contributed by atoms with van der Waals surface area (Å²) in [7, 11) is 1.49. The van der Waals surface area contributed by atoms with Crippen molar-refractivity contribution in [2.75, 3.05) is 20.3 Å². The predicted octanol–water partition coefficient (Wildman–Crippen LogP) is 4.17. The molecule has 7 amide bonds. The monoisotopic (exact) mass is 1630 g/mol. The SMILES string of the molecule is CN[C@H](CC(C)C)C(=O)N[C@H]1C(=O)N[C@@H](CC(N)=O)C(=O)N[C@H]2C(=O)N[C@H]3C(=O)N[C@H](C(=O)N[C@H](CO)c4cc(O)cc(O)c4-c4cc3ccc4O)[C@H](O)c3ccc(c(Cl)c3)Oc3cc2cc(c3O[C@@H]2OC(CO)C(O)[C@H](O)[C@H]2O[C@H]2CC(C)(NCc3ccc(-c4ccc(Cl)cc4)cc3)[C@H](O)[C@H](C)O2)Oc2ccc(cc2Cl)[C@H]1O. The number of aromatic hydroxyl groups is 3. The smallest absolute Gasteiger partial charge is 0.248 e. The van der Waals surface area contributed by atoms with Crippen LogP contribution in [0.15, 0.2) is 127 Å². The van der Waals surface area contributed by atoms with Crippen LogP contribution < -0.4 is 62.5 Å². The van der Waals surface area contributed by atoms with Gasteiger partial charge in [-0.1, -0.05) is 103 Å². The number of rotatable bonds is 17. The number of nitrogens with one attached hydrogen (secondary N) is 8. The van der Waals surface area contributed by atoms with Crippen LogP contribution in [0.4, 0.5) is 0 Å². The number of hydrogen-bond acceptors (Lipinski definition) is 25. The molecule has 0 radical (unpaired) electrons. The number of phenolic OH excluding ortho intramolecular Hbond substituents is 3. The maximum Gasteiger partial charge on any atom is 0.248 e. The number of primary amides is 1. The first-order valence-electron chi connectivity index (χ1n) is 36.4. The molecule has 2 fully saturated rings. The van der Waals surface area contributed by atoms with Crippen LogP contribution in [-0.2, 0) is 54.3 Å². The molecule has 18 atom stereocenters. The molecular weight excluding hydrogens is 1550 g/mol. The van der Waals surface area contributed by atoms with E-state index in [0.29, 0.717) is 5.02 Å². The van der Waals surface area contributed by atoms with Gasteiger partial charge in [0.1, 0.15) is 89.5 Å². The van der Waals surface area contributed by atoms with E-state index in [2.05, 4.69) is 42.5 Å². The number of halogens is 3. The third kappa shape index (κ3) is 18.1. The maximum atomic E-state index is 16.2. The van der Waals surface area contributed by atoms with Gasteiger partial charge in [0.05, 0.1) is 54.0 Å². The minimum Gasteiger partial charge on any atom is -0.508 e. The number of aliphatic hydroxyl groups is 7. The molecule has 2 saturated heterocycles. The minimum atomic E-state index is -2.32. The number of fused-ring (bicyclic) bond motifs is 15. The third-order valence-electron chi connectivity index (χ3n) is 20.6. The highest BCUT2D eigenvalue weighted by molar-refractivity contribution is 6.32. The van der Waals surface area contributed by atoms with Crippen molar-refractivity contribution in [2.45, 2.75) is 163 Å². The Hall–Kier alpha value is -9.98. The van der Waals surface area contributed by atoms with Crippen LogP contribution in [0.2, 0.25) is 15.1 Å². The molecule has 7 aromatic carbocycles. The van der Waals surface area contributed by atoms with Gasteiger partial charge in [-0.15, -0.1) is 0 Å². The second-order valence-corrected chi connectivity index (χ2v) is 30.4. The first-order valence-corrected chi connectivity index (χ1v) is 37.5. The van der Waals surface area contributed by atoms with E-state index in [1.165, 1.54) is 31.3 Å². The van der Waals surface area contributed by atoms with E-state index in [9.17, 15) is 70.2 Å². The van der Waals surface area contributed by atoms with Crippen molar-refractivity contribution in [3.05, 3.63) is 176 Å². The zero-order chi connectivity index (χ0) is 82.0. The Bertz CT molecular complexity index is 4800. The van der Waals surface area contributed by atoms with E-state index in [1.54, 1.807) is 26.0 Å². The Morgan fingerprint density at radius 1 is 0.640 bits per heavy atom. The average molecular weight is 1640 g/mol. The Balaban J connectivity index is 1.04. The fraction of sp³-hybridized carbons (Fsp3) is 0.380. The minimum absolute atomic E-state index is 0.0954. The quantitative estimate of drug-likeness (QED) is 0.0608. The van der Waals surface area contributed by atoms with Gasteiger partial charge < -0.3 is 128 Å². The molecule has 32 nitrogen and oxygen atoms in total. The Labute approximate surface area is 667 Å². The fourth-order valence-electron chi connectivity index (χ4n) is 14.4. The molecule has 11 bridgehead atoms. The number of benzene rings is 7. The summed E-state index contributed by atoms with van der Waals surface area (Å²) < 4.78 is 39.5. The number of hydrogen-bond donors (Lipinski definition) is 19. The lowest BCUT2D eigenvalue weighted by molar-refractivity contribution is -0.334. The largest absolute Gasteiger partial charge is 0.508 e. The van der Waals surface area contributed by atoms with E-state index in [4.69, 9.17) is 69.0 Å². The van der Waals surface area contributed by atoms with E-state index < -0.39 is 210 Å². The van der Waals surface area contributed by atoms with Crippen LogP contribution in [0, 0.1) is 5.92 Å². The number of amides is 7. The van der Waals surface area contributed by atoms with Crippen LogP contribution in [-0.4, -0.2) is 192 Å². The molecule has 7 aromatic rings. The van der Waals surface area contributed by atoms with Crippen molar-refractivity contribution in [3.63, 3.8) is 0 Å². The molecule has 7 aliphatic heterocycles. The summed E-state index contributed by atoms with van der Waals surface area (Å²) in [5, 5.41) is 138. The van der Waals surface area contributed by atoms with Gasteiger partial charge in [-0.2, -0.15) is 0 Å². The number of carbonyl (C=O) groups excluding carboxylic acids is 7. The van der Waals surface area contributed by atoms with Crippen molar-refractivity contribution in [2.24, 2.45) is 11.7 Å². The van der Waals surface area contributed by atoms with Gasteiger partial charge in [0.15, 0.2) is 23.9 Å². The zero-order valence-electron chi connectivity index (χ0n) is 61.7. The number of likely N-dealkylation sites (N-methyl/N-ethyl adjacent to an activating group) is 1. The molecule has 0 saturated carbocycles. The molecule has 7 heterocycles. The van der Waals surface area contributed by atoms with Gasteiger partial charge in [-0.25, -0.2) is 0 Å². The second kappa shape index (κ2) is 35.0. The third-order valence-corrected chi connectivity index (χ3v) is 21.4. The van der Waals surface area contributed by atoms with Gasteiger partial charge in [0, 0.05) is 40.7 Å². The first-order chi connectivity index (χ1) is 54.2. The molecule has 0 spiro atoms. The summed E-state index contributed by atoms with van der Waals surface area (Å²) >= 11 is 20.5. The topological polar surface area (TPSA) is 499 Å². The van der Waals surface area contributed by atoms with Crippen LogP contribution in [0.1, 0.15) is 111 Å². The van der Waals surface area contributed by atoms with Crippen LogP contribution in [0.5, 0.6) is 46.0 Å². The van der Waals surface area contributed by atoms with Gasteiger partial charge >= 0.3 is 0 Å².